The molecular weight excluding hydrogens is 214 g/mol. The van der Waals surface area contributed by atoms with Crippen molar-refractivity contribution >= 4 is 5.91 Å². The maximum absolute atomic E-state index is 11.7. The summed E-state index contributed by atoms with van der Waals surface area (Å²) in [5.41, 5.74) is 5.81. The molecule has 0 aromatic rings. The normalized spacial score (nSPS) is 17.5. The monoisotopic (exact) mass is 241 g/mol. The van der Waals surface area contributed by atoms with Gasteiger partial charge in [-0.1, -0.05) is 20.8 Å². The number of hydrogen-bond acceptors (Lipinski definition) is 3. The molecule has 1 atom stereocenters. The van der Waals surface area contributed by atoms with Crippen molar-refractivity contribution in [1.82, 2.24) is 10.2 Å². The van der Waals surface area contributed by atoms with Crippen LogP contribution in [0.2, 0.25) is 0 Å². The topological polar surface area (TPSA) is 58.4 Å². The second-order valence-corrected chi connectivity index (χ2v) is 5.39. The zero-order chi connectivity index (χ0) is 12.8. The lowest BCUT2D eigenvalue weighted by molar-refractivity contribution is -0.122. The van der Waals surface area contributed by atoms with Crippen molar-refractivity contribution < 1.29 is 4.79 Å². The lowest BCUT2D eigenvalue weighted by atomic mass is 10.0. The molecule has 0 saturated heterocycles. The summed E-state index contributed by atoms with van der Waals surface area (Å²) in [6, 6.07) is 0.409. The van der Waals surface area contributed by atoms with E-state index in [1.807, 2.05) is 0 Å². The van der Waals surface area contributed by atoms with Gasteiger partial charge >= 0.3 is 0 Å². The van der Waals surface area contributed by atoms with Crippen LogP contribution in [0, 0.1) is 5.92 Å². The molecule has 0 aromatic heterocycles. The van der Waals surface area contributed by atoms with Gasteiger partial charge in [-0.3, -0.25) is 9.69 Å². The highest BCUT2D eigenvalue weighted by Crippen LogP contribution is 2.25. The van der Waals surface area contributed by atoms with Crippen molar-refractivity contribution in [3.63, 3.8) is 0 Å². The minimum Gasteiger partial charge on any atom is -0.353 e. The van der Waals surface area contributed by atoms with Crippen LogP contribution in [0.3, 0.4) is 0 Å². The molecule has 4 heteroatoms. The largest absolute Gasteiger partial charge is 0.353 e. The molecule has 17 heavy (non-hydrogen) atoms. The first-order valence-corrected chi connectivity index (χ1v) is 6.82. The van der Waals surface area contributed by atoms with Crippen molar-refractivity contribution in [2.45, 2.75) is 52.1 Å². The molecule has 1 saturated carbocycles. The average Bonchev–Trinajstić information content (AvgIpc) is 3.07. The first kappa shape index (κ1) is 14.5. The van der Waals surface area contributed by atoms with E-state index in [1.54, 1.807) is 0 Å². The molecule has 0 radical (unpaired) electrons. The maximum atomic E-state index is 11.7. The van der Waals surface area contributed by atoms with E-state index in [1.165, 1.54) is 12.8 Å². The summed E-state index contributed by atoms with van der Waals surface area (Å²) < 4.78 is 0. The fraction of sp³-hybridized carbons (Fsp3) is 0.923. The third kappa shape index (κ3) is 5.50. The number of nitrogens with zero attached hydrogens (tertiary/aromatic N) is 1. The zero-order valence-electron chi connectivity index (χ0n) is 11.4. The Hall–Kier alpha value is -0.610. The Morgan fingerprint density at radius 2 is 2.12 bits per heavy atom. The van der Waals surface area contributed by atoms with E-state index >= 15 is 0 Å². The summed E-state index contributed by atoms with van der Waals surface area (Å²) in [6.45, 7) is 9.07. The minimum absolute atomic E-state index is 0.00875. The summed E-state index contributed by atoms with van der Waals surface area (Å²) in [6.07, 6.45) is 3.38. The van der Waals surface area contributed by atoms with Crippen molar-refractivity contribution in [2.24, 2.45) is 11.7 Å². The number of carbonyl (C=O) groups is 1. The van der Waals surface area contributed by atoms with Crippen LogP contribution in [0.25, 0.3) is 0 Å². The van der Waals surface area contributed by atoms with E-state index in [0.717, 1.165) is 32.1 Å². The maximum Gasteiger partial charge on any atom is 0.236 e. The number of rotatable bonds is 8. The predicted molar refractivity (Wildman–Crippen MR) is 70.7 cm³/mol. The minimum atomic E-state index is -0.356. The van der Waals surface area contributed by atoms with Gasteiger partial charge in [-0.25, -0.2) is 0 Å². The average molecular weight is 241 g/mol. The number of nitrogens with two attached hydrogens (primary N) is 1. The smallest absolute Gasteiger partial charge is 0.236 e. The molecule has 0 spiro atoms. The summed E-state index contributed by atoms with van der Waals surface area (Å²) in [5, 5.41) is 2.93. The number of likely N-dealkylation sites (N-methyl/N-ethyl adjacent to an activating group) is 1. The molecule has 0 heterocycles. The van der Waals surface area contributed by atoms with Gasteiger partial charge in [0, 0.05) is 19.1 Å². The van der Waals surface area contributed by atoms with Crippen LogP contribution in [0.1, 0.15) is 40.0 Å². The van der Waals surface area contributed by atoms with E-state index in [9.17, 15) is 4.79 Å². The SMILES string of the molecule is CCN(CCNC(=O)[C@@H](N)CC(C)C)C1CC1. The molecule has 1 rings (SSSR count). The van der Waals surface area contributed by atoms with Gasteiger partial charge in [-0.15, -0.1) is 0 Å². The van der Waals surface area contributed by atoms with E-state index in [0.29, 0.717) is 5.92 Å². The second kappa shape index (κ2) is 6.97. The fourth-order valence-electron chi connectivity index (χ4n) is 2.11. The van der Waals surface area contributed by atoms with Gasteiger partial charge < -0.3 is 11.1 Å². The molecule has 0 unspecified atom stereocenters. The zero-order valence-corrected chi connectivity index (χ0v) is 11.4. The molecule has 0 aliphatic heterocycles. The fourth-order valence-corrected chi connectivity index (χ4v) is 2.11. The van der Waals surface area contributed by atoms with E-state index in [2.05, 4.69) is 31.0 Å². The van der Waals surface area contributed by atoms with Crippen LogP contribution >= 0.6 is 0 Å². The summed E-state index contributed by atoms with van der Waals surface area (Å²) in [5.74, 6) is 0.458. The number of carbonyl (C=O) groups excluding carboxylic acids is 1. The van der Waals surface area contributed by atoms with Gasteiger partial charge in [-0.2, -0.15) is 0 Å². The number of nitrogens with one attached hydrogen (secondary N) is 1. The Morgan fingerprint density at radius 1 is 1.47 bits per heavy atom. The lowest BCUT2D eigenvalue weighted by Crippen LogP contribution is -2.44. The molecule has 3 N–H and O–H groups in total. The molecule has 1 fully saturated rings. The lowest BCUT2D eigenvalue weighted by Gasteiger charge is -2.20. The van der Waals surface area contributed by atoms with Gasteiger partial charge in [0.15, 0.2) is 0 Å². The van der Waals surface area contributed by atoms with Gasteiger partial charge in [0.2, 0.25) is 5.91 Å². The Bertz CT molecular complexity index is 239. The van der Waals surface area contributed by atoms with Crippen LogP contribution in [0.15, 0.2) is 0 Å². The highest BCUT2D eigenvalue weighted by molar-refractivity contribution is 5.81. The molecule has 1 aliphatic rings. The van der Waals surface area contributed by atoms with Crippen molar-refractivity contribution in [1.29, 1.82) is 0 Å². The first-order chi connectivity index (χ1) is 8.04. The summed E-state index contributed by atoms with van der Waals surface area (Å²) >= 11 is 0. The van der Waals surface area contributed by atoms with Gasteiger partial charge in [0.05, 0.1) is 6.04 Å². The van der Waals surface area contributed by atoms with Crippen molar-refractivity contribution in [3.8, 4) is 0 Å². The van der Waals surface area contributed by atoms with Gasteiger partial charge in [-0.05, 0) is 31.7 Å². The molecular formula is C13H27N3O. The molecule has 0 bridgehead atoms. The highest BCUT2D eigenvalue weighted by atomic mass is 16.2. The Balaban J connectivity index is 2.14. The van der Waals surface area contributed by atoms with Crippen molar-refractivity contribution in [3.05, 3.63) is 0 Å². The predicted octanol–water partition coefficient (Wildman–Crippen LogP) is 0.960. The Kier molecular flexibility index (Phi) is 5.92. The second-order valence-electron chi connectivity index (χ2n) is 5.39. The van der Waals surface area contributed by atoms with Crippen LogP contribution in [0.4, 0.5) is 0 Å². The third-order valence-corrected chi connectivity index (χ3v) is 3.23. The molecule has 4 nitrogen and oxygen atoms in total. The number of hydrogen-bond donors (Lipinski definition) is 2. The third-order valence-electron chi connectivity index (χ3n) is 3.23. The van der Waals surface area contributed by atoms with Gasteiger partial charge in [0.25, 0.3) is 0 Å². The van der Waals surface area contributed by atoms with Gasteiger partial charge in [0.1, 0.15) is 0 Å². The Morgan fingerprint density at radius 3 is 2.59 bits per heavy atom. The van der Waals surface area contributed by atoms with E-state index in [4.69, 9.17) is 5.73 Å². The molecule has 100 valence electrons. The van der Waals surface area contributed by atoms with Crippen molar-refractivity contribution in [2.75, 3.05) is 19.6 Å². The molecule has 0 aromatic carbocycles. The molecule has 1 amide bonds. The summed E-state index contributed by atoms with van der Waals surface area (Å²) in [4.78, 5) is 14.1. The van der Waals surface area contributed by atoms with E-state index < -0.39 is 0 Å². The first-order valence-electron chi connectivity index (χ1n) is 6.82. The standard InChI is InChI=1S/C13H27N3O/c1-4-16(11-5-6-11)8-7-15-13(17)12(14)9-10(2)3/h10-12H,4-9,14H2,1-3H3,(H,15,17)/t12-/m0/s1. The van der Waals surface area contributed by atoms with Crippen LogP contribution in [-0.4, -0.2) is 42.5 Å². The highest BCUT2D eigenvalue weighted by Gasteiger charge is 2.27. The quantitative estimate of drug-likeness (QED) is 0.665. The van der Waals surface area contributed by atoms with Crippen LogP contribution in [-0.2, 0) is 4.79 Å². The van der Waals surface area contributed by atoms with E-state index in [-0.39, 0.29) is 11.9 Å². The molecule has 1 aliphatic carbocycles. The van der Waals surface area contributed by atoms with Crippen LogP contribution < -0.4 is 11.1 Å². The number of amides is 1. The summed E-state index contributed by atoms with van der Waals surface area (Å²) in [7, 11) is 0. The van der Waals surface area contributed by atoms with Crippen LogP contribution in [0.5, 0.6) is 0 Å². The Labute approximate surface area is 105 Å².